The lowest BCUT2D eigenvalue weighted by Crippen LogP contribution is -2.43. The van der Waals surface area contributed by atoms with E-state index in [9.17, 15) is 9.59 Å². The second-order valence-electron chi connectivity index (χ2n) is 5.77. The molecule has 0 aliphatic carbocycles. The Labute approximate surface area is 126 Å². The minimum Gasteiger partial charge on any atom is -0.327 e. The molecule has 0 N–H and O–H groups in total. The normalized spacial score (nSPS) is 22.5. The Kier molecular flexibility index (Phi) is 2.82. The Morgan fingerprint density at radius 3 is 3.00 bits per heavy atom. The van der Waals surface area contributed by atoms with Crippen LogP contribution in [0.15, 0.2) is 29.5 Å². The van der Waals surface area contributed by atoms with Gasteiger partial charge in [0.1, 0.15) is 12.0 Å². The number of hydrogen-bond donors (Lipinski definition) is 0. The first-order valence-corrected chi connectivity index (χ1v) is 7.31. The fourth-order valence-corrected chi connectivity index (χ4v) is 3.48. The summed E-state index contributed by atoms with van der Waals surface area (Å²) in [6.07, 6.45) is 6.00. The molecule has 2 unspecified atom stereocenters. The summed E-state index contributed by atoms with van der Waals surface area (Å²) in [6.45, 7) is 0. The molecule has 0 radical (unpaired) electrons. The van der Waals surface area contributed by atoms with Gasteiger partial charge in [-0.3, -0.25) is 9.59 Å². The number of fused-ring (bicyclic) bond motifs is 4. The average Bonchev–Trinajstić information content (AvgIpc) is 2.84. The van der Waals surface area contributed by atoms with Crippen LogP contribution in [0.5, 0.6) is 0 Å². The van der Waals surface area contributed by atoms with Crippen molar-refractivity contribution in [3.8, 4) is 0 Å². The maximum absolute atomic E-state index is 12.8. The summed E-state index contributed by atoms with van der Waals surface area (Å²) in [6, 6.07) is 3.05. The second-order valence-corrected chi connectivity index (χ2v) is 5.77. The fraction of sp³-hybridized carbons (Fsp3) is 0.400. The molecule has 0 saturated carbocycles. The van der Waals surface area contributed by atoms with Crippen LogP contribution < -0.4 is 5.56 Å². The molecular weight excluding hydrogens is 282 g/mol. The molecule has 1 amide bonds. The predicted molar refractivity (Wildman–Crippen MR) is 77.1 cm³/mol. The van der Waals surface area contributed by atoms with Gasteiger partial charge in [-0.1, -0.05) is 0 Å². The lowest BCUT2D eigenvalue weighted by molar-refractivity contribution is 0.0635. The van der Waals surface area contributed by atoms with Crippen LogP contribution in [0.2, 0.25) is 0 Å². The SMILES string of the molecule is Cn1nc(C(=O)N2C3CCC2c2cncnc2C3)ccc1=O. The molecule has 7 heteroatoms. The van der Waals surface area contributed by atoms with Gasteiger partial charge in [0.2, 0.25) is 0 Å². The average molecular weight is 297 g/mol. The number of hydrogen-bond acceptors (Lipinski definition) is 5. The fourth-order valence-electron chi connectivity index (χ4n) is 3.48. The largest absolute Gasteiger partial charge is 0.327 e. The van der Waals surface area contributed by atoms with E-state index in [0.29, 0.717) is 5.69 Å². The molecule has 1 fully saturated rings. The molecule has 2 aromatic heterocycles. The van der Waals surface area contributed by atoms with Gasteiger partial charge in [-0.15, -0.1) is 0 Å². The number of carbonyl (C=O) groups is 1. The van der Waals surface area contributed by atoms with E-state index < -0.39 is 0 Å². The third kappa shape index (κ3) is 1.85. The van der Waals surface area contributed by atoms with Crippen molar-refractivity contribution in [1.82, 2.24) is 24.6 Å². The molecule has 0 aromatic carbocycles. The molecule has 2 bridgehead atoms. The summed E-state index contributed by atoms with van der Waals surface area (Å²) in [5, 5.41) is 4.08. The third-order valence-corrected chi connectivity index (χ3v) is 4.53. The number of rotatable bonds is 1. The smallest absolute Gasteiger partial charge is 0.275 e. The van der Waals surface area contributed by atoms with Crippen LogP contribution in [0.25, 0.3) is 0 Å². The van der Waals surface area contributed by atoms with Crippen LogP contribution in [-0.2, 0) is 13.5 Å². The predicted octanol–water partition coefficient (Wildman–Crippen LogP) is 0.472. The van der Waals surface area contributed by atoms with Crippen LogP contribution in [-0.4, -0.2) is 36.6 Å². The Balaban J connectivity index is 1.73. The Morgan fingerprint density at radius 1 is 1.32 bits per heavy atom. The summed E-state index contributed by atoms with van der Waals surface area (Å²) < 4.78 is 1.19. The zero-order chi connectivity index (χ0) is 15.3. The van der Waals surface area contributed by atoms with E-state index in [1.165, 1.54) is 16.8 Å². The van der Waals surface area contributed by atoms with E-state index in [1.54, 1.807) is 13.4 Å². The van der Waals surface area contributed by atoms with Crippen LogP contribution in [0, 0.1) is 0 Å². The van der Waals surface area contributed by atoms with Crippen molar-refractivity contribution in [1.29, 1.82) is 0 Å². The van der Waals surface area contributed by atoms with Crippen LogP contribution in [0.4, 0.5) is 0 Å². The molecule has 1 saturated heterocycles. The molecular formula is C15H15N5O2. The van der Waals surface area contributed by atoms with Gasteiger partial charge < -0.3 is 4.90 Å². The highest BCUT2D eigenvalue weighted by Gasteiger charge is 2.43. The topological polar surface area (TPSA) is 81.0 Å². The van der Waals surface area contributed by atoms with E-state index in [1.807, 2.05) is 11.1 Å². The first-order valence-electron chi connectivity index (χ1n) is 7.31. The Bertz CT molecular complexity index is 816. The summed E-state index contributed by atoms with van der Waals surface area (Å²) in [5.41, 5.74) is 2.16. The van der Waals surface area contributed by atoms with Gasteiger partial charge in [0.25, 0.3) is 11.5 Å². The lowest BCUT2D eigenvalue weighted by atomic mass is 9.99. The number of aromatic nitrogens is 4. The van der Waals surface area contributed by atoms with E-state index in [0.717, 1.165) is 30.5 Å². The summed E-state index contributed by atoms with van der Waals surface area (Å²) in [5.74, 6) is -0.127. The highest BCUT2D eigenvalue weighted by Crippen LogP contribution is 2.43. The van der Waals surface area contributed by atoms with Crippen molar-refractivity contribution in [2.75, 3.05) is 0 Å². The van der Waals surface area contributed by atoms with Crippen molar-refractivity contribution >= 4 is 5.91 Å². The number of aryl methyl sites for hydroxylation is 1. The first kappa shape index (κ1) is 13.1. The molecule has 0 spiro atoms. The molecule has 7 nitrogen and oxygen atoms in total. The van der Waals surface area contributed by atoms with Crippen LogP contribution >= 0.6 is 0 Å². The summed E-state index contributed by atoms with van der Waals surface area (Å²) in [4.78, 5) is 34.6. The lowest BCUT2D eigenvalue weighted by Gasteiger charge is -2.35. The van der Waals surface area contributed by atoms with Crippen molar-refractivity contribution in [3.63, 3.8) is 0 Å². The summed E-state index contributed by atoms with van der Waals surface area (Å²) >= 11 is 0. The van der Waals surface area contributed by atoms with Crippen molar-refractivity contribution in [3.05, 3.63) is 52.0 Å². The van der Waals surface area contributed by atoms with Crippen LogP contribution in [0.3, 0.4) is 0 Å². The quantitative estimate of drug-likeness (QED) is 0.764. The van der Waals surface area contributed by atoms with Crippen molar-refractivity contribution in [2.24, 2.45) is 7.05 Å². The van der Waals surface area contributed by atoms with Gasteiger partial charge in [-0.25, -0.2) is 14.6 Å². The molecule has 2 aromatic rings. The van der Waals surface area contributed by atoms with Crippen LogP contribution in [0.1, 0.15) is 40.6 Å². The maximum Gasteiger partial charge on any atom is 0.275 e. The molecule has 2 atom stereocenters. The highest BCUT2D eigenvalue weighted by atomic mass is 16.2. The molecule has 22 heavy (non-hydrogen) atoms. The monoisotopic (exact) mass is 297 g/mol. The zero-order valence-corrected chi connectivity index (χ0v) is 12.1. The molecule has 2 aliphatic heterocycles. The minimum atomic E-state index is -0.225. The number of carbonyl (C=O) groups excluding carboxylic acids is 1. The second kappa shape index (κ2) is 4.72. The Hall–Kier alpha value is -2.57. The van der Waals surface area contributed by atoms with Crippen molar-refractivity contribution < 1.29 is 4.79 Å². The zero-order valence-electron chi connectivity index (χ0n) is 12.1. The first-order chi connectivity index (χ1) is 10.6. The van der Waals surface area contributed by atoms with Gasteiger partial charge in [0.15, 0.2) is 0 Å². The summed E-state index contributed by atoms with van der Waals surface area (Å²) in [7, 11) is 1.55. The van der Waals surface area contributed by atoms with Gasteiger partial charge >= 0.3 is 0 Å². The van der Waals surface area contributed by atoms with E-state index in [4.69, 9.17) is 0 Å². The molecule has 4 rings (SSSR count). The van der Waals surface area contributed by atoms with Gasteiger partial charge in [-0.05, 0) is 18.9 Å². The Morgan fingerprint density at radius 2 is 2.18 bits per heavy atom. The number of amides is 1. The van der Waals surface area contributed by atoms with E-state index >= 15 is 0 Å². The molecule has 112 valence electrons. The third-order valence-electron chi connectivity index (χ3n) is 4.53. The molecule has 2 aliphatic rings. The van der Waals surface area contributed by atoms with Crippen molar-refractivity contribution in [2.45, 2.75) is 31.3 Å². The molecule has 4 heterocycles. The van der Waals surface area contributed by atoms with Gasteiger partial charge in [0.05, 0.1) is 11.7 Å². The standard InChI is InChI=1S/C15H15N5O2/c1-19-14(21)5-3-11(18-19)15(22)20-9-2-4-13(20)10-7-16-8-17-12(10)6-9/h3,5,7-9,13H,2,4,6H2,1H3. The number of nitrogens with zero attached hydrogens (tertiary/aromatic N) is 5. The minimum absolute atomic E-state index is 0.0153. The highest BCUT2D eigenvalue weighted by molar-refractivity contribution is 5.93. The van der Waals surface area contributed by atoms with Gasteiger partial charge in [-0.2, -0.15) is 5.10 Å². The van der Waals surface area contributed by atoms with E-state index in [-0.39, 0.29) is 23.6 Å². The van der Waals surface area contributed by atoms with Gasteiger partial charge in [0, 0.05) is 37.3 Å². The maximum atomic E-state index is 12.8. The van der Waals surface area contributed by atoms with E-state index in [2.05, 4.69) is 15.1 Å².